The number of nitrogens with two attached hydrogens (primary N) is 1. The number of rotatable bonds is 1. The van der Waals surface area contributed by atoms with E-state index in [0.717, 1.165) is 13.2 Å². The summed E-state index contributed by atoms with van der Waals surface area (Å²) >= 11 is 2.75. The fourth-order valence-corrected chi connectivity index (χ4v) is 1.31. The van der Waals surface area contributed by atoms with Crippen LogP contribution in [0.4, 0.5) is 14.5 Å². The van der Waals surface area contributed by atoms with Crippen LogP contribution in [0.5, 0.6) is 0 Å². The number of nitrogen functional groups attached to an aromatic ring is 1. The normalized spacial score (nSPS) is 10.0. The molecule has 0 unspecified atom stereocenters. The van der Waals surface area contributed by atoms with Gasteiger partial charge in [-0.2, -0.15) is 0 Å². The highest BCUT2D eigenvalue weighted by Gasteiger charge is 2.21. The summed E-state index contributed by atoms with van der Waals surface area (Å²) in [5.41, 5.74) is 4.04. The molecule has 0 saturated carbocycles. The lowest BCUT2D eigenvalue weighted by molar-refractivity contribution is 0.0596. The van der Waals surface area contributed by atoms with Crippen molar-refractivity contribution in [2.75, 3.05) is 12.8 Å². The summed E-state index contributed by atoms with van der Waals surface area (Å²) in [5.74, 6) is -2.82. The number of carbonyl (C=O) groups is 1. The first kappa shape index (κ1) is 10.9. The zero-order chi connectivity index (χ0) is 10.9. The van der Waals surface area contributed by atoms with Crippen molar-refractivity contribution in [1.29, 1.82) is 0 Å². The van der Waals surface area contributed by atoms with Crippen LogP contribution >= 0.6 is 15.9 Å². The minimum atomic E-state index is -1.01. The van der Waals surface area contributed by atoms with E-state index in [9.17, 15) is 13.6 Å². The second-order valence-corrected chi connectivity index (χ2v) is 3.29. The van der Waals surface area contributed by atoms with Crippen molar-refractivity contribution in [1.82, 2.24) is 0 Å². The van der Waals surface area contributed by atoms with Crippen molar-refractivity contribution in [2.45, 2.75) is 0 Å². The molecule has 76 valence electrons. The lowest BCUT2D eigenvalue weighted by Gasteiger charge is -2.07. The zero-order valence-electron chi connectivity index (χ0n) is 7.11. The number of methoxy groups -OCH3 is 1. The minimum Gasteiger partial charge on any atom is -0.465 e. The predicted molar refractivity (Wildman–Crippen MR) is 49.8 cm³/mol. The van der Waals surface area contributed by atoms with Crippen molar-refractivity contribution >= 4 is 27.6 Å². The molecule has 0 amide bonds. The number of esters is 1. The molecule has 0 atom stereocenters. The van der Waals surface area contributed by atoms with Gasteiger partial charge in [0.05, 0.1) is 17.3 Å². The highest BCUT2D eigenvalue weighted by atomic mass is 79.9. The lowest BCUT2D eigenvalue weighted by Crippen LogP contribution is -2.10. The van der Waals surface area contributed by atoms with E-state index in [1.807, 2.05) is 0 Å². The van der Waals surface area contributed by atoms with Gasteiger partial charge >= 0.3 is 5.97 Å². The van der Waals surface area contributed by atoms with Crippen molar-refractivity contribution in [3.8, 4) is 0 Å². The van der Waals surface area contributed by atoms with Crippen LogP contribution in [0.25, 0.3) is 0 Å². The molecule has 2 N–H and O–H groups in total. The molecule has 0 aliphatic rings. The van der Waals surface area contributed by atoms with Gasteiger partial charge in [-0.05, 0) is 22.0 Å². The van der Waals surface area contributed by atoms with Crippen LogP contribution in [-0.4, -0.2) is 13.1 Å². The molecule has 3 nitrogen and oxygen atoms in total. The first-order valence-corrected chi connectivity index (χ1v) is 4.29. The van der Waals surface area contributed by atoms with Crippen LogP contribution < -0.4 is 5.73 Å². The first-order valence-electron chi connectivity index (χ1n) is 3.50. The van der Waals surface area contributed by atoms with Crippen LogP contribution in [0.15, 0.2) is 10.5 Å². The Kier molecular flexibility index (Phi) is 3.05. The molecule has 0 spiro atoms. The van der Waals surface area contributed by atoms with E-state index in [0.29, 0.717) is 0 Å². The molecule has 0 fully saturated rings. The third kappa shape index (κ3) is 1.70. The Morgan fingerprint density at radius 3 is 2.64 bits per heavy atom. The Morgan fingerprint density at radius 1 is 1.57 bits per heavy atom. The molecule has 0 radical (unpaired) electrons. The van der Waals surface area contributed by atoms with E-state index >= 15 is 0 Å². The molecule has 0 aliphatic heterocycles. The summed E-state index contributed by atoms with van der Waals surface area (Å²) in [6.45, 7) is 0. The number of anilines is 1. The predicted octanol–water partition coefficient (Wildman–Crippen LogP) is 2.10. The van der Waals surface area contributed by atoms with Crippen LogP contribution in [0, 0.1) is 11.6 Å². The topological polar surface area (TPSA) is 52.3 Å². The molecule has 0 saturated heterocycles. The molecule has 0 aromatic heterocycles. The van der Waals surface area contributed by atoms with Gasteiger partial charge in [-0.3, -0.25) is 0 Å². The third-order valence-corrected chi connectivity index (χ3v) is 2.18. The number of benzene rings is 1. The van der Waals surface area contributed by atoms with Crippen LogP contribution in [0.3, 0.4) is 0 Å². The Labute approximate surface area is 87.0 Å². The van der Waals surface area contributed by atoms with Crippen molar-refractivity contribution < 1.29 is 18.3 Å². The fraction of sp³-hybridized carbons (Fsp3) is 0.125. The largest absolute Gasteiger partial charge is 0.465 e. The van der Waals surface area contributed by atoms with Crippen LogP contribution in [-0.2, 0) is 4.74 Å². The van der Waals surface area contributed by atoms with Crippen LogP contribution in [0.2, 0.25) is 0 Å². The summed E-state index contributed by atoms with van der Waals surface area (Å²) in [4.78, 5) is 11.0. The van der Waals surface area contributed by atoms with Gasteiger partial charge in [0.25, 0.3) is 0 Å². The maximum Gasteiger partial charge on any atom is 0.343 e. The van der Waals surface area contributed by atoms with Gasteiger partial charge in [0.1, 0.15) is 11.4 Å². The van der Waals surface area contributed by atoms with Crippen LogP contribution in [0.1, 0.15) is 10.4 Å². The summed E-state index contributed by atoms with van der Waals surface area (Å²) in [6, 6.07) is 0.844. The van der Waals surface area contributed by atoms with E-state index in [1.54, 1.807) is 0 Å². The summed E-state index contributed by atoms with van der Waals surface area (Å²) < 4.78 is 30.4. The number of hydrogen-bond acceptors (Lipinski definition) is 3. The van der Waals surface area contributed by atoms with Gasteiger partial charge in [0.15, 0.2) is 5.82 Å². The number of carbonyl (C=O) groups excluding carboxylic acids is 1. The SMILES string of the molecule is COC(=O)c1c(N)c(F)cc(Br)c1F. The second-order valence-electron chi connectivity index (χ2n) is 2.43. The quantitative estimate of drug-likeness (QED) is 0.481. The lowest BCUT2D eigenvalue weighted by atomic mass is 10.1. The highest BCUT2D eigenvalue weighted by Crippen LogP contribution is 2.27. The van der Waals surface area contributed by atoms with E-state index in [2.05, 4.69) is 20.7 Å². The third-order valence-electron chi connectivity index (χ3n) is 1.60. The Morgan fingerprint density at radius 2 is 2.14 bits per heavy atom. The minimum absolute atomic E-state index is 0.176. The maximum atomic E-state index is 13.3. The van der Waals surface area contributed by atoms with Gasteiger partial charge in [0.2, 0.25) is 0 Å². The molecule has 14 heavy (non-hydrogen) atoms. The van der Waals surface area contributed by atoms with Gasteiger partial charge in [0, 0.05) is 0 Å². The molecule has 6 heteroatoms. The molecule has 0 aliphatic carbocycles. The second kappa shape index (κ2) is 3.91. The van der Waals surface area contributed by atoms with E-state index < -0.39 is 28.9 Å². The zero-order valence-corrected chi connectivity index (χ0v) is 8.69. The van der Waals surface area contributed by atoms with E-state index in [1.165, 1.54) is 0 Å². The van der Waals surface area contributed by atoms with Crippen molar-refractivity contribution in [3.63, 3.8) is 0 Å². The standard InChI is InChI=1S/C8H6BrF2NO2/c1-14-8(13)5-6(11)3(9)2-4(10)7(5)12/h2H,12H2,1H3. The first-order chi connectivity index (χ1) is 6.49. The monoisotopic (exact) mass is 265 g/mol. The number of hydrogen-bond donors (Lipinski definition) is 1. The van der Waals surface area contributed by atoms with Crippen molar-refractivity contribution in [3.05, 3.63) is 27.7 Å². The number of halogens is 3. The Balaban J connectivity index is 3.47. The fourth-order valence-electron chi connectivity index (χ4n) is 0.911. The molecular weight excluding hydrogens is 260 g/mol. The average Bonchev–Trinajstić information content (AvgIpc) is 2.15. The molecule has 0 bridgehead atoms. The molecule has 1 rings (SSSR count). The smallest absolute Gasteiger partial charge is 0.343 e. The summed E-state index contributed by atoms with van der Waals surface area (Å²) in [7, 11) is 1.06. The molecular formula is C8H6BrF2NO2. The summed E-state index contributed by atoms with van der Waals surface area (Å²) in [5, 5.41) is 0. The van der Waals surface area contributed by atoms with Gasteiger partial charge in [-0.15, -0.1) is 0 Å². The van der Waals surface area contributed by atoms with Gasteiger partial charge in [-0.1, -0.05) is 0 Å². The Bertz CT molecular complexity index is 369. The molecule has 0 heterocycles. The molecule has 1 aromatic rings. The van der Waals surface area contributed by atoms with Crippen molar-refractivity contribution in [2.24, 2.45) is 0 Å². The van der Waals surface area contributed by atoms with E-state index in [-0.39, 0.29) is 4.47 Å². The van der Waals surface area contributed by atoms with Gasteiger partial charge in [-0.25, -0.2) is 13.6 Å². The average molecular weight is 266 g/mol. The van der Waals surface area contributed by atoms with Gasteiger partial charge < -0.3 is 10.5 Å². The Hall–Kier alpha value is -1.17. The highest BCUT2D eigenvalue weighted by molar-refractivity contribution is 9.10. The van der Waals surface area contributed by atoms with E-state index in [4.69, 9.17) is 5.73 Å². The summed E-state index contributed by atoms with van der Waals surface area (Å²) in [6.07, 6.45) is 0. The molecule has 1 aromatic carbocycles. The number of ether oxygens (including phenoxy) is 1. The maximum absolute atomic E-state index is 13.3.